The van der Waals surface area contributed by atoms with E-state index in [1.807, 2.05) is 17.0 Å². The molecular formula is C16H22N2O3. The zero-order valence-electron chi connectivity index (χ0n) is 12.8. The van der Waals surface area contributed by atoms with Crippen LogP contribution in [-0.4, -0.2) is 44.1 Å². The Morgan fingerprint density at radius 1 is 1.33 bits per heavy atom. The minimum Gasteiger partial charge on any atom is -0.452 e. The number of carbonyl (C=O) groups is 2. The number of rotatable bonds is 2. The first kappa shape index (κ1) is 15.4. The summed E-state index contributed by atoms with van der Waals surface area (Å²) in [7, 11) is 2.94. The second-order valence-electron chi connectivity index (χ2n) is 5.54. The third-order valence-corrected chi connectivity index (χ3v) is 3.89. The van der Waals surface area contributed by atoms with Crippen LogP contribution in [0, 0.1) is 5.92 Å². The summed E-state index contributed by atoms with van der Waals surface area (Å²) in [6.07, 6.45) is 1.71. The van der Waals surface area contributed by atoms with Crippen molar-refractivity contribution in [2.75, 3.05) is 32.1 Å². The maximum atomic E-state index is 12.7. The van der Waals surface area contributed by atoms with Gasteiger partial charge in [0.2, 0.25) is 0 Å². The van der Waals surface area contributed by atoms with E-state index in [1.54, 1.807) is 19.2 Å². The van der Waals surface area contributed by atoms with Crippen LogP contribution in [0.4, 0.5) is 10.5 Å². The number of hydrogen-bond acceptors (Lipinski definition) is 3. The topological polar surface area (TPSA) is 49.9 Å². The lowest BCUT2D eigenvalue weighted by Gasteiger charge is -2.32. The second-order valence-corrected chi connectivity index (χ2v) is 5.54. The zero-order valence-corrected chi connectivity index (χ0v) is 12.8. The number of carbonyl (C=O) groups excluding carboxylic acids is 2. The maximum Gasteiger partial charge on any atom is 0.413 e. The second kappa shape index (κ2) is 6.61. The molecule has 2 amide bonds. The van der Waals surface area contributed by atoms with Gasteiger partial charge in [-0.25, -0.2) is 4.79 Å². The van der Waals surface area contributed by atoms with Crippen LogP contribution < -0.4 is 4.90 Å². The molecule has 114 valence electrons. The molecule has 0 unspecified atom stereocenters. The predicted octanol–water partition coefficient (Wildman–Crippen LogP) is 2.76. The van der Waals surface area contributed by atoms with E-state index >= 15 is 0 Å². The fraction of sp³-hybridized carbons (Fsp3) is 0.500. The van der Waals surface area contributed by atoms with E-state index < -0.39 is 6.09 Å². The molecule has 1 fully saturated rings. The van der Waals surface area contributed by atoms with Gasteiger partial charge in [0.1, 0.15) is 0 Å². The Morgan fingerprint density at radius 2 is 2.05 bits per heavy atom. The third-order valence-electron chi connectivity index (χ3n) is 3.89. The van der Waals surface area contributed by atoms with Gasteiger partial charge >= 0.3 is 6.09 Å². The van der Waals surface area contributed by atoms with Crippen LogP contribution in [0.2, 0.25) is 0 Å². The standard InChI is InChI=1S/C16H22N2O3/c1-12-7-6-10-18(11-12)15(19)13-8-4-5-9-14(13)17(2)16(20)21-3/h4-5,8-9,12H,6-7,10-11H2,1-3H3/t12-/m0/s1. The highest BCUT2D eigenvalue weighted by atomic mass is 16.5. The highest BCUT2D eigenvalue weighted by Crippen LogP contribution is 2.24. The Morgan fingerprint density at radius 3 is 2.71 bits per heavy atom. The molecule has 0 saturated carbocycles. The van der Waals surface area contributed by atoms with Gasteiger partial charge in [0.05, 0.1) is 18.4 Å². The van der Waals surface area contributed by atoms with Crippen LogP contribution in [0.1, 0.15) is 30.1 Å². The van der Waals surface area contributed by atoms with Crippen LogP contribution in [0.25, 0.3) is 0 Å². The quantitative estimate of drug-likeness (QED) is 0.841. The lowest BCUT2D eigenvalue weighted by Crippen LogP contribution is -2.40. The molecule has 5 nitrogen and oxygen atoms in total. The molecule has 1 saturated heterocycles. The summed E-state index contributed by atoms with van der Waals surface area (Å²) < 4.78 is 4.73. The Labute approximate surface area is 125 Å². The van der Waals surface area contributed by atoms with Gasteiger partial charge in [-0.05, 0) is 30.9 Å². The van der Waals surface area contributed by atoms with Crippen LogP contribution in [-0.2, 0) is 4.74 Å². The number of benzene rings is 1. The lowest BCUT2D eigenvalue weighted by atomic mass is 9.99. The largest absolute Gasteiger partial charge is 0.452 e. The fourth-order valence-corrected chi connectivity index (χ4v) is 2.73. The smallest absolute Gasteiger partial charge is 0.413 e. The summed E-state index contributed by atoms with van der Waals surface area (Å²) in [5.74, 6) is 0.501. The first-order chi connectivity index (χ1) is 10.0. The molecule has 0 aromatic heterocycles. The van der Waals surface area contributed by atoms with Gasteiger partial charge in [-0.15, -0.1) is 0 Å². The van der Waals surface area contributed by atoms with E-state index in [1.165, 1.54) is 12.0 Å². The number of anilines is 1. The summed E-state index contributed by atoms with van der Waals surface area (Å²) in [4.78, 5) is 27.7. The van der Waals surface area contributed by atoms with Crippen molar-refractivity contribution in [3.05, 3.63) is 29.8 Å². The van der Waals surface area contributed by atoms with Crippen LogP contribution in [0.5, 0.6) is 0 Å². The average molecular weight is 290 g/mol. The van der Waals surface area contributed by atoms with E-state index in [0.29, 0.717) is 17.2 Å². The molecule has 0 aliphatic carbocycles. The van der Waals surface area contributed by atoms with Crippen molar-refractivity contribution in [2.24, 2.45) is 5.92 Å². The van der Waals surface area contributed by atoms with Crippen molar-refractivity contribution in [3.8, 4) is 0 Å². The highest BCUT2D eigenvalue weighted by Gasteiger charge is 2.25. The molecule has 5 heteroatoms. The highest BCUT2D eigenvalue weighted by molar-refractivity contribution is 6.03. The first-order valence-corrected chi connectivity index (χ1v) is 7.24. The van der Waals surface area contributed by atoms with Crippen molar-refractivity contribution in [3.63, 3.8) is 0 Å². The average Bonchev–Trinajstić information content (AvgIpc) is 2.52. The Bertz CT molecular complexity index is 530. The molecule has 1 heterocycles. The van der Waals surface area contributed by atoms with Gasteiger partial charge in [0, 0.05) is 20.1 Å². The molecule has 1 aliphatic rings. The van der Waals surface area contributed by atoms with Gasteiger partial charge in [0.25, 0.3) is 5.91 Å². The van der Waals surface area contributed by atoms with Gasteiger partial charge in [-0.1, -0.05) is 19.1 Å². The number of hydrogen-bond donors (Lipinski definition) is 0. The molecule has 0 N–H and O–H groups in total. The molecule has 0 radical (unpaired) electrons. The van der Waals surface area contributed by atoms with Crippen molar-refractivity contribution >= 4 is 17.7 Å². The number of likely N-dealkylation sites (tertiary alicyclic amines) is 1. The Kier molecular flexibility index (Phi) is 4.83. The number of ether oxygens (including phenoxy) is 1. The normalized spacial score (nSPS) is 18.2. The Balaban J connectivity index is 2.27. The minimum absolute atomic E-state index is 0.0205. The van der Waals surface area contributed by atoms with Crippen molar-refractivity contribution < 1.29 is 14.3 Å². The summed E-state index contributed by atoms with van der Waals surface area (Å²) in [6, 6.07) is 7.15. The minimum atomic E-state index is -0.484. The summed E-state index contributed by atoms with van der Waals surface area (Å²) >= 11 is 0. The first-order valence-electron chi connectivity index (χ1n) is 7.24. The molecule has 1 aromatic rings. The van der Waals surface area contributed by atoms with Crippen LogP contribution in [0.15, 0.2) is 24.3 Å². The predicted molar refractivity (Wildman–Crippen MR) is 81.6 cm³/mol. The molecule has 1 atom stereocenters. The molecule has 21 heavy (non-hydrogen) atoms. The van der Waals surface area contributed by atoms with E-state index in [9.17, 15) is 9.59 Å². The number of para-hydroxylation sites is 1. The van der Waals surface area contributed by atoms with Gasteiger partial charge in [-0.3, -0.25) is 9.69 Å². The summed E-state index contributed by atoms with van der Waals surface area (Å²) in [5, 5.41) is 0. The monoisotopic (exact) mass is 290 g/mol. The fourth-order valence-electron chi connectivity index (χ4n) is 2.73. The van der Waals surface area contributed by atoms with Crippen LogP contribution >= 0.6 is 0 Å². The maximum absolute atomic E-state index is 12.7. The third kappa shape index (κ3) is 3.35. The summed E-state index contributed by atoms with van der Waals surface area (Å²) in [5.41, 5.74) is 1.12. The van der Waals surface area contributed by atoms with Crippen molar-refractivity contribution in [1.29, 1.82) is 0 Å². The van der Waals surface area contributed by atoms with Gasteiger partial charge in [-0.2, -0.15) is 0 Å². The van der Waals surface area contributed by atoms with E-state index in [4.69, 9.17) is 4.74 Å². The zero-order chi connectivity index (χ0) is 15.4. The number of nitrogens with zero attached hydrogens (tertiary/aromatic N) is 2. The van der Waals surface area contributed by atoms with Gasteiger partial charge < -0.3 is 9.64 Å². The number of amides is 2. The Hall–Kier alpha value is -2.04. The molecular weight excluding hydrogens is 268 g/mol. The molecule has 0 bridgehead atoms. The van der Waals surface area contributed by atoms with Crippen molar-refractivity contribution in [2.45, 2.75) is 19.8 Å². The van der Waals surface area contributed by atoms with Crippen LogP contribution in [0.3, 0.4) is 0 Å². The molecule has 1 aromatic carbocycles. The van der Waals surface area contributed by atoms with E-state index in [-0.39, 0.29) is 5.91 Å². The molecule has 2 rings (SSSR count). The van der Waals surface area contributed by atoms with Gasteiger partial charge in [0.15, 0.2) is 0 Å². The van der Waals surface area contributed by atoms with E-state index in [2.05, 4.69) is 6.92 Å². The summed E-state index contributed by atoms with van der Waals surface area (Å²) in [6.45, 7) is 3.71. The number of methoxy groups -OCH3 is 1. The SMILES string of the molecule is COC(=O)N(C)c1ccccc1C(=O)N1CCC[C@H](C)C1. The number of piperidine rings is 1. The van der Waals surface area contributed by atoms with Crippen molar-refractivity contribution in [1.82, 2.24) is 4.90 Å². The lowest BCUT2D eigenvalue weighted by molar-refractivity contribution is 0.0684. The van der Waals surface area contributed by atoms with E-state index in [0.717, 1.165) is 25.9 Å². The molecule has 0 spiro atoms. The molecule has 1 aliphatic heterocycles.